The Labute approximate surface area is 262 Å². The van der Waals surface area contributed by atoms with Crippen LogP contribution in [0.1, 0.15) is 38.3 Å². The number of carbonyl (C=O) groups is 1. The lowest BCUT2D eigenvalue weighted by Crippen LogP contribution is -2.39. The summed E-state index contributed by atoms with van der Waals surface area (Å²) in [5.41, 5.74) is 1.01. The summed E-state index contributed by atoms with van der Waals surface area (Å²) in [6.45, 7) is 5.57. The standard InChI is InChI=1S/C32H26F8N2O3S/c1-31(2,3)44-30(43)42-11-9-16(10-12-42)21-13-17(32(38,39)40)5-7-19(21)22-15-41(4)23-14-18(6-8-20(22)23)46-45-29-27(36)25(34)24(33)26(35)28(29)37/h5-9,13-15H,10-12H2,1-4H3. The van der Waals surface area contributed by atoms with E-state index in [1.807, 2.05) is 0 Å². The first-order valence-electron chi connectivity index (χ1n) is 13.8. The average molecular weight is 671 g/mol. The highest BCUT2D eigenvalue weighted by atomic mass is 32.2. The second-order valence-electron chi connectivity index (χ2n) is 11.6. The number of amides is 1. The number of ether oxygens (including phenoxy) is 1. The molecule has 1 aromatic heterocycles. The maximum Gasteiger partial charge on any atom is 0.416 e. The maximum absolute atomic E-state index is 14.1. The Morgan fingerprint density at radius 3 is 2.09 bits per heavy atom. The molecule has 1 amide bonds. The lowest BCUT2D eigenvalue weighted by atomic mass is 9.89. The van der Waals surface area contributed by atoms with Crippen molar-refractivity contribution in [2.24, 2.45) is 7.05 Å². The Balaban J connectivity index is 1.49. The van der Waals surface area contributed by atoms with E-state index in [-0.39, 0.29) is 24.4 Å². The van der Waals surface area contributed by atoms with E-state index >= 15 is 0 Å². The zero-order valence-corrected chi connectivity index (χ0v) is 25.6. The highest BCUT2D eigenvalue weighted by molar-refractivity contribution is 7.95. The number of aryl methyl sites for hydroxylation is 1. The molecule has 0 atom stereocenters. The topological polar surface area (TPSA) is 43.7 Å². The van der Waals surface area contributed by atoms with E-state index in [2.05, 4.69) is 0 Å². The molecule has 0 aliphatic carbocycles. The second-order valence-corrected chi connectivity index (χ2v) is 12.4. The van der Waals surface area contributed by atoms with Crippen LogP contribution in [0.25, 0.3) is 27.6 Å². The largest absolute Gasteiger partial charge is 0.444 e. The van der Waals surface area contributed by atoms with Gasteiger partial charge in [-0.15, -0.1) is 0 Å². The van der Waals surface area contributed by atoms with E-state index in [4.69, 9.17) is 8.92 Å². The van der Waals surface area contributed by atoms with Crippen molar-refractivity contribution < 1.29 is 48.8 Å². The summed E-state index contributed by atoms with van der Waals surface area (Å²) in [6.07, 6.45) is -1.46. The summed E-state index contributed by atoms with van der Waals surface area (Å²) >= 11 is 0.364. The van der Waals surface area contributed by atoms with Crippen LogP contribution in [0.5, 0.6) is 5.75 Å². The number of halogens is 8. The fraction of sp³-hybridized carbons (Fsp3) is 0.281. The molecule has 1 aliphatic rings. The third-order valence-electron chi connectivity index (χ3n) is 7.20. The van der Waals surface area contributed by atoms with Crippen molar-refractivity contribution in [3.63, 3.8) is 0 Å². The molecule has 0 bridgehead atoms. The summed E-state index contributed by atoms with van der Waals surface area (Å²) < 4.78 is 122. The number of hydrogen-bond acceptors (Lipinski definition) is 4. The van der Waals surface area contributed by atoms with E-state index in [0.29, 0.717) is 45.2 Å². The second kappa shape index (κ2) is 12.2. The molecule has 4 aromatic rings. The van der Waals surface area contributed by atoms with E-state index in [1.165, 1.54) is 23.1 Å². The van der Waals surface area contributed by atoms with Gasteiger partial charge in [-0.05, 0) is 68.2 Å². The lowest BCUT2D eigenvalue weighted by molar-refractivity contribution is -0.137. The van der Waals surface area contributed by atoms with Gasteiger partial charge in [0.05, 0.1) is 22.5 Å². The molecule has 0 unspecified atom stereocenters. The molecule has 0 fully saturated rings. The molecular weight excluding hydrogens is 644 g/mol. The summed E-state index contributed by atoms with van der Waals surface area (Å²) in [7, 11) is 1.67. The van der Waals surface area contributed by atoms with Gasteiger partial charge in [0.25, 0.3) is 0 Å². The molecule has 0 saturated heterocycles. The Kier molecular flexibility index (Phi) is 8.79. The van der Waals surface area contributed by atoms with E-state index in [1.54, 1.807) is 50.7 Å². The van der Waals surface area contributed by atoms with Crippen LogP contribution < -0.4 is 4.18 Å². The summed E-state index contributed by atoms with van der Waals surface area (Å²) in [4.78, 5) is 14.2. The number of rotatable bonds is 5. The first-order chi connectivity index (χ1) is 21.5. The van der Waals surface area contributed by atoms with Gasteiger partial charge < -0.3 is 18.4 Å². The fourth-order valence-corrected chi connectivity index (χ4v) is 5.61. The number of carbonyl (C=O) groups excluding carboxylic acids is 1. The summed E-state index contributed by atoms with van der Waals surface area (Å²) in [5, 5.41) is 0.607. The van der Waals surface area contributed by atoms with E-state index < -0.39 is 58.3 Å². The maximum atomic E-state index is 14.1. The quantitative estimate of drug-likeness (QED) is 0.0918. The molecule has 244 valence electrons. The molecule has 46 heavy (non-hydrogen) atoms. The third kappa shape index (κ3) is 6.53. The van der Waals surface area contributed by atoms with Crippen molar-refractivity contribution >= 4 is 34.6 Å². The molecule has 0 N–H and O–H groups in total. The normalized spacial score (nSPS) is 14.1. The molecule has 14 heteroatoms. The van der Waals surface area contributed by atoms with Gasteiger partial charge >= 0.3 is 12.3 Å². The highest BCUT2D eigenvalue weighted by Gasteiger charge is 2.33. The van der Waals surface area contributed by atoms with Crippen LogP contribution in [0, 0.1) is 29.1 Å². The van der Waals surface area contributed by atoms with Gasteiger partial charge in [0.2, 0.25) is 34.8 Å². The fourth-order valence-electron chi connectivity index (χ4n) is 5.01. The van der Waals surface area contributed by atoms with Crippen molar-refractivity contribution in [2.75, 3.05) is 13.1 Å². The third-order valence-corrected chi connectivity index (χ3v) is 7.89. The first kappa shape index (κ1) is 33.2. The Bertz CT molecular complexity index is 1850. The van der Waals surface area contributed by atoms with Crippen LogP contribution >= 0.6 is 12.0 Å². The minimum Gasteiger partial charge on any atom is -0.444 e. The molecule has 0 saturated carbocycles. The first-order valence-corrected chi connectivity index (χ1v) is 14.5. The molecule has 3 aromatic carbocycles. The van der Waals surface area contributed by atoms with Gasteiger partial charge in [-0.3, -0.25) is 0 Å². The minimum atomic E-state index is -4.61. The number of benzene rings is 3. The Morgan fingerprint density at radius 1 is 0.848 bits per heavy atom. The summed E-state index contributed by atoms with van der Waals surface area (Å²) in [5.74, 6) is -12.3. The molecule has 5 nitrogen and oxygen atoms in total. The monoisotopic (exact) mass is 670 g/mol. The van der Waals surface area contributed by atoms with E-state index in [9.17, 15) is 39.9 Å². The smallest absolute Gasteiger partial charge is 0.416 e. The zero-order valence-electron chi connectivity index (χ0n) is 24.8. The number of fused-ring (bicyclic) bond motifs is 1. The van der Waals surface area contributed by atoms with Crippen LogP contribution in [-0.4, -0.2) is 34.3 Å². The van der Waals surface area contributed by atoms with Crippen LogP contribution in [-0.2, 0) is 18.0 Å². The van der Waals surface area contributed by atoms with Gasteiger partial charge in [0.15, 0.2) is 0 Å². The number of nitrogens with zero attached hydrogens (tertiary/aromatic N) is 2. The van der Waals surface area contributed by atoms with Gasteiger partial charge in [-0.1, -0.05) is 18.2 Å². The minimum absolute atomic E-state index is 0.138. The van der Waals surface area contributed by atoms with Crippen LogP contribution in [0.4, 0.5) is 39.9 Å². The van der Waals surface area contributed by atoms with Gasteiger partial charge in [0.1, 0.15) is 5.60 Å². The molecular formula is C32H26F8N2O3S. The van der Waals surface area contributed by atoms with Crippen LogP contribution in [0.3, 0.4) is 0 Å². The highest BCUT2D eigenvalue weighted by Crippen LogP contribution is 2.42. The van der Waals surface area contributed by atoms with E-state index in [0.717, 1.165) is 12.1 Å². The lowest BCUT2D eigenvalue weighted by Gasteiger charge is -2.30. The van der Waals surface area contributed by atoms with Gasteiger partial charge in [-0.2, -0.15) is 22.0 Å². The number of aromatic nitrogens is 1. The Hall–Kier alpha value is -4.20. The van der Waals surface area contributed by atoms with Gasteiger partial charge in [0, 0.05) is 42.8 Å². The van der Waals surface area contributed by atoms with Crippen molar-refractivity contribution in [2.45, 2.75) is 43.9 Å². The SMILES string of the molecule is Cn1cc(-c2ccc(C(F)(F)F)cc2C2=CCN(C(=O)OC(C)(C)C)CC2)c2ccc(SOc3c(F)c(F)c(F)c(F)c3F)cc21. The number of alkyl halides is 3. The van der Waals surface area contributed by atoms with Crippen molar-refractivity contribution in [1.29, 1.82) is 0 Å². The van der Waals surface area contributed by atoms with Crippen LogP contribution in [0.2, 0.25) is 0 Å². The molecule has 5 rings (SSSR count). The average Bonchev–Trinajstić information content (AvgIpc) is 3.32. The molecule has 0 radical (unpaired) electrons. The zero-order chi connectivity index (χ0) is 33.7. The van der Waals surface area contributed by atoms with Gasteiger partial charge in [-0.25, -0.2) is 18.0 Å². The molecule has 2 heterocycles. The van der Waals surface area contributed by atoms with Crippen molar-refractivity contribution in [1.82, 2.24) is 9.47 Å². The molecule has 0 spiro atoms. The number of hydrogen-bond donors (Lipinski definition) is 0. The molecule has 1 aliphatic heterocycles. The predicted octanol–water partition coefficient (Wildman–Crippen LogP) is 9.67. The predicted molar refractivity (Wildman–Crippen MR) is 156 cm³/mol. The van der Waals surface area contributed by atoms with Crippen molar-refractivity contribution in [3.8, 4) is 16.9 Å². The van der Waals surface area contributed by atoms with Crippen molar-refractivity contribution in [3.05, 3.63) is 88.9 Å². The Morgan fingerprint density at radius 2 is 1.50 bits per heavy atom. The van der Waals surface area contributed by atoms with Crippen LogP contribution in [0.15, 0.2) is 53.6 Å². The summed E-state index contributed by atoms with van der Waals surface area (Å²) in [6, 6.07) is 8.06.